The van der Waals surface area contributed by atoms with Crippen LogP contribution < -0.4 is 10.6 Å². The second-order valence-electron chi connectivity index (χ2n) is 7.02. The number of carbonyl (C=O) groups is 5. The van der Waals surface area contributed by atoms with Crippen LogP contribution in [0, 0.1) is 0 Å². The zero-order valence-corrected chi connectivity index (χ0v) is 18.4. The molecular formula is C20H16N4O7S2. The van der Waals surface area contributed by atoms with E-state index in [2.05, 4.69) is 15.6 Å². The quantitative estimate of drug-likeness (QED) is 0.360. The van der Waals surface area contributed by atoms with Crippen molar-refractivity contribution in [1.82, 2.24) is 15.2 Å². The molecule has 2 aliphatic rings. The molecule has 2 aromatic rings. The Morgan fingerprint density at radius 1 is 1.27 bits per heavy atom. The van der Waals surface area contributed by atoms with Crippen LogP contribution in [0.4, 0.5) is 9.80 Å². The van der Waals surface area contributed by atoms with Gasteiger partial charge in [0.2, 0.25) is 0 Å². The number of aromatic carboxylic acids is 1. The van der Waals surface area contributed by atoms with E-state index in [9.17, 15) is 29.1 Å². The van der Waals surface area contributed by atoms with Crippen molar-refractivity contribution in [2.24, 2.45) is 0 Å². The molecule has 2 aliphatic heterocycles. The van der Waals surface area contributed by atoms with Crippen LogP contribution in [0.3, 0.4) is 0 Å². The summed E-state index contributed by atoms with van der Waals surface area (Å²) >= 11 is 1.70. The average Bonchev–Trinajstić information content (AvgIpc) is 3.27. The Kier molecular flexibility index (Phi) is 6.26. The third kappa shape index (κ3) is 4.51. The lowest BCUT2D eigenvalue weighted by atomic mass is 9.99. The fraction of sp³-hybridized carbons (Fsp3) is 0.200. The van der Waals surface area contributed by atoms with Gasteiger partial charge in [-0.1, -0.05) is 6.07 Å². The number of nitrogens with one attached hydrogen (secondary N) is 2. The molecule has 0 spiro atoms. The lowest BCUT2D eigenvalue weighted by molar-refractivity contribution is -0.147. The summed E-state index contributed by atoms with van der Waals surface area (Å²) in [6.07, 6.45) is 3.42. The van der Waals surface area contributed by atoms with Gasteiger partial charge in [0, 0.05) is 11.1 Å². The number of thiophene rings is 1. The Balaban J connectivity index is 1.61. The number of carboxylic acids is 2. The highest BCUT2D eigenvalue weighted by Gasteiger charge is 2.39. The number of thioether (sulfide) groups is 1. The van der Waals surface area contributed by atoms with Crippen molar-refractivity contribution in [3.05, 3.63) is 51.0 Å². The van der Waals surface area contributed by atoms with Gasteiger partial charge in [0.25, 0.3) is 11.1 Å². The highest BCUT2D eigenvalue weighted by Crippen LogP contribution is 2.41. The van der Waals surface area contributed by atoms with Crippen molar-refractivity contribution in [3.63, 3.8) is 0 Å². The maximum absolute atomic E-state index is 12.9. The van der Waals surface area contributed by atoms with Crippen LogP contribution in [0.15, 0.2) is 29.3 Å². The van der Waals surface area contributed by atoms with E-state index in [-0.39, 0.29) is 22.0 Å². The second-order valence-corrected chi connectivity index (χ2v) is 9.06. The van der Waals surface area contributed by atoms with Crippen molar-refractivity contribution in [2.45, 2.75) is 12.5 Å². The summed E-state index contributed by atoms with van der Waals surface area (Å²) in [6.45, 7) is 0.324. The minimum Gasteiger partial charge on any atom is -0.478 e. The Morgan fingerprint density at radius 3 is 2.73 bits per heavy atom. The molecule has 1 fully saturated rings. The van der Waals surface area contributed by atoms with Gasteiger partial charge in [0.15, 0.2) is 0 Å². The molecule has 4 rings (SSSR count). The van der Waals surface area contributed by atoms with E-state index in [1.165, 1.54) is 6.08 Å². The average molecular weight is 489 g/mol. The molecule has 13 heteroatoms. The number of anilines is 1. The van der Waals surface area contributed by atoms with Gasteiger partial charge in [-0.25, -0.2) is 9.59 Å². The van der Waals surface area contributed by atoms with Crippen molar-refractivity contribution < 1.29 is 34.2 Å². The predicted molar refractivity (Wildman–Crippen MR) is 119 cm³/mol. The van der Waals surface area contributed by atoms with E-state index >= 15 is 0 Å². The third-order valence-electron chi connectivity index (χ3n) is 4.96. The van der Waals surface area contributed by atoms with Gasteiger partial charge in [-0.15, -0.1) is 11.3 Å². The fourth-order valence-corrected chi connectivity index (χ4v) is 5.67. The van der Waals surface area contributed by atoms with Crippen molar-refractivity contribution in [3.8, 4) is 0 Å². The number of rotatable bonds is 5. The highest BCUT2D eigenvalue weighted by atomic mass is 32.2. The molecule has 4 heterocycles. The minimum atomic E-state index is -1.75. The van der Waals surface area contributed by atoms with E-state index in [1.54, 1.807) is 24.4 Å². The van der Waals surface area contributed by atoms with Gasteiger partial charge in [0.1, 0.15) is 5.00 Å². The van der Waals surface area contributed by atoms with Gasteiger partial charge in [0.05, 0.1) is 28.7 Å². The molecule has 0 radical (unpaired) electrons. The Hall–Kier alpha value is -3.55. The van der Waals surface area contributed by atoms with Gasteiger partial charge < -0.3 is 20.8 Å². The maximum Gasteiger partial charge on any atom is 0.394 e. The summed E-state index contributed by atoms with van der Waals surface area (Å²) < 4.78 is 0. The molecular weight excluding hydrogens is 472 g/mol. The molecule has 0 aliphatic carbocycles. The normalized spacial score (nSPS) is 19.0. The van der Waals surface area contributed by atoms with E-state index in [4.69, 9.17) is 5.11 Å². The first-order valence-corrected chi connectivity index (χ1v) is 11.2. The standard InChI is InChI=1S/C20H16N4O7S2/c25-15(19(29)30)23-16-13(18(27)28)10-4-6-22-11(14(10)33-16)8-24-17(26)12(32-20(24)31)7-9-3-1-2-5-21-9/h1-3,5,7,11,22H,4,6,8H2,(H,23,25)(H,27,28)(H,29,30). The Bertz CT molecular complexity index is 1210. The summed E-state index contributed by atoms with van der Waals surface area (Å²) in [4.78, 5) is 65.7. The number of aliphatic carboxylic acids is 1. The smallest absolute Gasteiger partial charge is 0.394 e. The monoisotopic (exact) mass is 488 g/mol. The van der Waals surface area contributed by atoms with Crippen LogP contribution >= 0.6 is 23.1 Å². The summed E-state index contributed by atoms with van der Waals surface area (Å²) in [5, 5.41) is 23.2. The number of imide groups is 1. The van der Waals surface area contributed by atoms with Gasteiger partial charge in [-0.05, 0) is 48.5 Å². The van der Waals surface area contributed by atoms with Gasteiger partial charge >= 0.3 is 17.8 Å². The number of amides is 3. The highest BCUT2D eigenvalue weighted by molar-refractivity contribution is 8.18. The van der Waals surface area contributed by atoms with Crippen LogP contribution in [-0.4, -0.2) is 62.2 Å². The number of nitrogens with zero attached hydrogens (tertiary/aromatic N) is 2. The number of hydrogen-bond donors (Lipinski definition) is 4. The molecule has 33 heavy (non-hydrogen) atoms. The molecule has 0 aromatic carbocycles. The van der Waals surface area contributed by atoms with Crippen LogP contribution in [0.1, 0.15) is 32.5 Å². The first kappa shape index (κ1) is 22.6. The zero-order valence-electron chi connectivity index (χ0n) is 16.7. The summed E-state index contributed by atoms with van der Waals surface area (Å²) in [7, 11) is 0. The number of pyridine rings is 1. The lowest BCUT2D eigenvalue weighted by Gasteiger charge is -2.27. The lowest BCUT2D eigenvalue weighted by Crippen LogP contribution is -2.40. The molecule has 4 N–H and O–H groups in total. The fourth-order valence-electron chi connectivity index (χ4n) is 3.53. The molecule has 1 saturated heterocycles. The van der Waals surface area contributed by atoms with E-state index in [1.807, 2.05) is 0 Å². The molecule has 0 saturated carbocycles. The number of fused-ring (bicyclic) bond motifs is 1. The largest absolute Gasteiger partial charge is 0.478 e. The van der Waals surface area contributed by atoms with E-state index in [0.717, 1.165) is 28.0 Å². The molecule has 0 bridgehead atoms. The molecule has 2 aromatic heterocycles. The van der Waals surface area contributed by atoms with Crippen LogP contribution in [-0.2, 0) is 20.8 Å². The number of aromatic nitrogens is 1. The first-order chi connectivity index (χ1) is 15.8. The van der Waals surface area contributed by atoms with E-state index < -0.39 is 35.0 Å². The van der Waals surface area contributed by atoms with Crippen LogP contribution in [0.25, 0.3) is 6.08 Å². The molecule has 3 amide bonds. The van der Waals surface area contributed by atoms with Gasteiger partial charge in [-0.2, -0.15) is 0 Å². The molecule has 1 unspecified atom stereocenters. The third-order valence-corrected chi connectivity index (χ3v) is 7.13. The predicted octanol–water partition coefficient (Wildman–Crippen LogP) is 1.79. The van der Waals surface area contributed by atoms with Crippen LogP contribution in [0.5, 0.6) is 0 Å². The first-order valence-electron chi connectivity index (χ1n) is 9.59. The van der Waals surface area contributed by atoms with Gasteiger partial charge in [-0.3, -0.25) is 24.3 Å². The van der Waals surface area contributed by atoms with E-state index in [0.29, 0.717) is 29.1 Å². The number of carbonyl (C=O) groups excluding carboxylic acids is 3. The number of hydrogen-bond acceptors (Lipinski definition) is 9. The minimum absolute atomic E-state index is 0.0525. The Labute approximate surface area is 194 Å². The molecule has 1 atom stereocenters. The van der Waals surface area contributed by atoms with Crippen LogP contribution in [0.2, 0.25) is 0 Å². The topological polar surface area (TPSA) is 166 Å². The Morgan fingerprint density at radius 2 is 2.06 bits per heavy atom. The summed E-state index contributed by atoms with van der Waals surface area (Å²) in [5.74, 6) is -4.90. The van der Waals surface area contributed by atoms with Crippen molar-refractivity contribution in [1.29, 1.82) is 0 Å². The summed E-state index contributed by atoms with van der Waals surface area (Å²) in [5.41, 5.74) is 0.789. The maximum atomic E-state index is 12.9. The SMILES string of the molecule is O=C(O)C(=O)Nc1sc2c(c1C(=O)O)CCNC2CN1C(=O)SC(=Cc2ccccn2)C1=O. The summed E-state index contributed by atoms with van der Waals surface area (Å²) in [6, 6.07) is 4.62. The second kappa shape index (κ2) is 9.13. The van der Waals surface area contributed by atoms with Crippen molar-refractivity contribution >= 4 is 63.2 Å². The number of carboxylic acid groups (broad SMARTS) is 2. The molecule has 170 valence electrons. The zero-order chi connectivity index (χ0) is 23.7. The van der Waals surface area contributed by atoms with Crippen molar-refractivity contribution in [2.75, 3.05) is 18.4 Å². The molecule has 11 nitrogen and oxygen atoms in total.